The van der Waals surface area contributed by atoms with Crippen molar-refractivity contribution in [1.82, 2.24) is 9.21 Å². The minimum atomic E-state index is -3.94. The molecule has 0 bridgehead atoms. The molecule has 0 aliphatic rings. The summed E-state index contributed by atoms with van der Waals surface area (Å²) in [5, 5.41) is -0.0120. The Hall–Kier alpha value is -0.340. The summed E-state index contributed by atoms with van der Waals surface area (Å²) in [4.78, 5) is 12.7. The van der Waals surface area contributed by atoms with Gasteiger partial charge in [0.25, 0.3) is 0 Å². The van der Waals surface area contributed by atoms with Crippen LogP contribution in [0.5, 0.6) is 0 Å². The van der Waals surface area contributed by atoms with Gasteiger partial charge in [0.1, 0.15) is 4.90 Å². The average molecular weight is 404 g/mol. The number of hydrogen-bond acceptors (Lipinski definition) is 3. The fourth-order valence-corrected chi connectivity index (χ4v) is 4.34. The summed E-state index contributed by atoms with van der Waals surface area (Å²) in [5.74, 6) is -0.347. The second kappa shape index (κ2) is 6.62. The quantitative estimate of drug-likeness (QED) is 0.775. The fourth-order valence-electron chi connectivity index (χ4n) is 1.35. The van der Waals surface area contributed by atoms with Crippen LogP contribution in [0.4, 0.5) is 0 Å². The van der Waals surface area contributed by atoms with Crippen molar-refractivity contribution in [2.24, 2.45) is 0 Å². The molecule has 0 spiro atoms. The van der Waals surface area contributed by atoms with Gasteiger partial charge in [-0.05, 0) is 12.1 Å². The van der Waals surface area contributed by atoms with Crippen LogP contribution in [0.15, 0.2) is 21.5 Å². The number of carbonyl (C=O) groups is 1. The number of rotatable bonds is 4. The van der Waals surface area contributed by atoms with Crippen LogP contribution < -0.4 is 0 Å². The highest BCUT2D eigenvalue weighted by Crippen LogP contribution is 2.34. The number of hydrogen-bond donors (Lipinski definition) is 0. The van der Waals surface area contributed by atoms with Gasteiger partial charge in [0.15, 0.2) is 0 Å². The Balaban J connectivity index is 3.21. The van der Waals surface area contributed by atoms with Crippen LogP contribution in [0.3, 0.4) is 0 Å². The molecule has 0 unspecified atom stereocenters. The Kier molecular flexibility index (Phi) is 5.86. The summed E-state index contributed by atoms with van der Waals surface area (Å²) in [7, 11) is 0.441. The Morgan fingerprint density at radius 2 is 1.65 bits per heavy atom. The Labute approximate surface area is 136 Å². The average Bonchev–Trinajstić information content (AvgIpc) is 2.26. The van der Waals surface area contributed by atoms with Crippen LogP contribution in [0, 0.1) is 0 Å². The molecule has 0 atom stereocenters. The maximum Gasteiger partial charge on any atom is 0.246 e. The number of amides is 1. The standard InChI is InChI=1S/C11H13BrCl2N2O3S/c1-15(2)10(17)6-16(3)20(18,19)11-8(13)4-7(12)5-9(11)14/h4-5H,6H2,1-3H3. The zero-order valence-electron chi connectivity index (χ0n) is 11.0. The molecule has 0 N–H and O–H groups in total. The summed E-state index contributed by atoms with van der Waals surface area (Å²) in [5.41, 5.74) is 0. The number of carbonyl (C=O) groups excluding carboxylic acids is 1. The molecule has 0 aliphatic carbocycles. The van der Waals surface area contributed by atoms with Crippen molar-refractivity contribution >= 4 is 55.1 Å². The molecule has 0 heterocycles. The van der Waals surface area contributed by atoms with E-state index in [1.54, 1.807) is 14.1 Å². The molecule has 1 amide bonds. The zero-order chi connectivity index (χ0) is 15.7. The largest absolute Gasteiger partial charge is 0.348 e. The molecule has 0 saturated carbocycles. The summed E-state index contributed by atoms with van der Waals surface area (Å²) in [6.07, 6.45) is 0. The van der Waals surface area contributed by atoms with Gasteiger partial charge in [0.2, 0.25) is 15.9 Å². The van der Waals surface area contributed by atoms with E-state index in [2.05, 4.69) is 15.9 Å². The van der Waals surface area contributed by atoms with Crippen molar-refractivity contribution in [1.29, 1.82) is 0 Å². The molecule has 5 nitrogen and oxygen atoms in total. The summed E-state index contributed by atoms with van der Waals surface area (Å²) >= 11 is 15.1. The number of likely N-dealkylation sites (N-methyl/N-ethyl adjacent to an activating group) is 2. The van der Waals surface area contributed by atoms with Crippen molar-refractivity contribution in [3.63, 3.8) is 0 Å². The monoisotopic (exact) mass is 402 g/mol. The van der Waals surface area contributed by atoms with E-state index < -0.39 is 10.0 Å². The smallest absolute Gasteiger partial charge is 0.246 e. The van der Waals surface area contributed by atoms with Gasteiger partial charge < -0.3 is 4.90 Å². The summed E-state index contributed by atoms with van der Waals surface area (Å²) in [6, 6.07) is 2.86. The van der Waals surface area contributed by atoms with E-state index in [0.717, 1.165) is 4.31 Å². The number of benzene rings is 1. The molecule has 112 valence electrons. The molecule has 0 radical (unpaired) electrons. The molecule has 9 heteroatoms. The first-order valence-corrected chi connectivity index (χ1v) is 8.37. The Bertz CT molecular complexity index is 612. The molecule has 0 saturated heterocycles. The van der Waals surface area contributed by atoms with Gasteiger partial charge in [-0.2, -0.15) is 4.31 Å². The Morgan fingerprint density at radius 3 is 2.05 bits per heavy atom. The minimum absolute atomic E-state index is 0.00599. The third-order valence-electron chi connectivity index (χ3n) is 2.49. The van der Waals surface area contributed by atoms with E-state index >= 15 is 0 Å². The van der Waals surface area contributed by atoms with Crippen molar-refractivity contribution in [3.8, 4) is 0 Å². The predicted octanol–water partition coefficient (Wildman–Crippen LogP) is 2.46. The van der Waals surface area contributed by atoms with E-state index in [9.17, 15) is 13.2 Å². The third-order valence-corrected chi connectivity index (χ3v) is 5.67. The van der Waals surface area contributed by atoms with Gasteiger partial charge in [-0.25, -0.2) is 8.42 Å². The van der Waals surface area contributed by atoms with Crippen LogP contribution in [-0.4, -0.2) is 51.2 Å². The second-order valence-electron chi connectivity index (χ2n) is 4.25. The van der Waals surface area contributed by atoms with E-state index in [1.807, 2.05) is 0 Å². The van der Waals surface area contributed by atoms with Gasteiger partial charge in [0, 0.05) is 25.6 Å². The van der Waals surface area contributed by atoms with E-state index in [-0.39, 0.29) is 27.4 Å². The van der Waals surface area contributed by atoms with Crippen LogP contribution in [0.25, 0.3) is 0 Å². The zero-order valence-corrected chi connectivity index (χ0v) is 14.9. The molecule has 0 aliphatic heterocycles. The number of nitrogens with zero attached hydrogens (tertiary/aromatic N) is 2. The van der Waals surface area contributed by atoms with Crippen LogP contribution in [-0.2, 0) is 14.8 Å². The summed E-state index contributed by atoms with van der Waals surface area (Å²) < 4.78 is 26.3. The van der Waals surface area contributed by atoms with Crippen molar-refractivity contribution in [3.05, 3.63) is 26.7 Å². The molecule has 1 aromatic carbocycles. The Morgan fingerprint density at radius 1 is 1.20 bits per heavy atom. The van der Waals surface area contributed by atoms with Gasteiger partial charge >= 0.3 is 0 Å². The van der Waals surface area contributed by atoms with E-state index in [4.69, 9.17) is 23.2 Å². The number of sulfonamides is 1. The van der Waals surface area contributed by atoms with Crippen molar-refractivity contribution in [2.75, 3.05) is 27.7 Å². The fraction of sp³-hybridized carbons (Fsp3) is 0.364. The maximum atomic E-state index is 12.4. The van der Waals surface area contributed by atoms with Gasteiger partial charge in [-0.3, -0.25) is 4.79 Å². The first-order chi connectivity index (χ1) is 9.07. The lowest BCUT2D eigenvalue weighted by atomic mass is 10.4. The van der Waals surface area contributed by atoms with Gasteiger partial charge in [-0.15, -0.1) is 0 Å². The molecular formula is C11H13BrCl2N2O3S. The molecule has 0 aromatic heterocycles. The van der Waals surface area contributed by atoms with E-state index in [1.165, 1.54) is 24.1 Å². The minimum Gasteiger partial charge on any atom is -0.348 e. The molecule has 1 aromatic rings. The third kappa shape index (κ3) is 3.85. The molecular weight excluding hydrogens is 391 g/mol. The predicted molar refractivity (Wildman–Crippen MR) is 82.7 cm³/mol. The lowest BCUT2D eigenvalue weighted by molar-refractivity contribution is -0.128. The van der Waals surface area contributed by atoms with Crippen LogP contribution >= 0.6 is 39.1 Å². The van der Waals surface area contributed by atoms with Crippen LogP contribution in [0.1, 0.15) is 0 Å². The molecule has 0 fully saturated rings. The maximum absolute atomic E-state index is 12.4. The lowest BCUT2D eigenvalue weighted by Crippen LogP contribution is -2.37. The lowest BCUT2D eigenvalue weighted by Gasteiger charge is -2.20. The topological polar surface area (TPSA) is 57.7 Å². The molecule has 20 heavy (non-hydrogen) atoms. The normalized spacial score (nSPS) is 11.8. The van der Waals surface area contributed by atoms with E-state index in [0.29, 0.717) is 4.47 Å². The second-order valence-corrected chi connectivity index (χ2v) is 7.96. The highest BCUT2D eigenvalue weighted by molar-refractivity contribution is 9.10. The van der Waals surface area contributed by atoms with Crippen molar-refractivity contribution in [2.45, 2.75) is 4.90 Å². The molecule has 1 rings (SSSR count). The highest BCUT2D eigenvalue weighted by Gasteiger charge is 2.28. The van der Waals surface area contributed by atoms with Gasteiger partial charge in [-0.1, -0.05) is 39.1 Å². The summed E-state index contributed by atoms with van der Waals surface area (Å²) in [6.45, 7) is -0.294. The van der Waals surface area contributed by atoms with Gasteiger partial charge in [0.05, 0.1) is 16.6 Å². The van der Waals surface area contributed by atoms with Crippen molar-refractivity contribution < 1.29 is 13.2 Å². The first-order valence-electron chi connectivity index (χ1n) is 5.38. The highest BCUT2D eigenvalue weighted by atomic mass is 79.9. The number of halogens is 3. The first kappa shape index (κ1) is 17.7. The van der Waals surface area contributed by atoms with Crippen LogP contribution in [0.2, 0.25) is 10.0 Å². The SMILES string of the molecule is CN(C)C(=O)CN(C)S(=O)(=O)c1c(Cl)cc(Br)cc1Cl.